The number of nitrogens with zero attached hydrogens (tertiary/aromatic N) is 2. The van der Waals surface area contributed by atoms with Crippen LogP contribution in [-0.4, -0.2) is 34.3 Å². The lowest BCUT2D eigenvalue weighted by molar-refractivity contribution is 0.132. The van der Waals surface area contributed by atoms with Crippen LogP contribution >= 0.6 is 0 Å². The predicted octanol–water partition coefficient (Wildman–Crippen LogP) is 2.08. The molecule has 0 radical (unpaired) electrons. The van der Waals surface area contributed by atoms with Gasteiger partial charge in [0.15, 0.2) is 0 Å². The molecule has 1 rings (SSSR count). The smallest absolute Gasteiger partial charge is 0.218 e. The first-order chi connectivity index (χ1) is 8.40. The highest BCUT2D eigenvalue weighted by molar-refractivity contribution is 5.37. The van der Waals surface area contributed by atoms with Crippen LogP contribution in [0.3, 0.4) is 0 Å². The van der Waals surface area contributed by atoms with Gasteiger partial charge in [0.25, 0.3) is 0 Å². The third-order valence-corrected chi connectivity index (χ3v) is 2.30. The summed E-state index contributed by atoms with van der Waals surface area (Å²) < 4.78 is 5.28. The van der Waals surface area contributed by atoms with Gasteiger partial charge in [0.05, 0.1) is 12.7 Å². The Morgan fingerprint density at radius 3 is 2.72 bits per heavy atom. The van der Waals surface area contributed by atoms with E-state index in [4.69, 9.17) is 4.74 Å². The minimum Gasteiger partial charge on any atom is -0.478 e. The van der Waals surface area contributed by atoms with Crippen molar-refractivity contribution in [3.63, 3.8) is 0 Å². The van der Waals surface area contributed by atoms with Crippen LogP contribution in [0.4, 0.5) is 5.82 Å². The molecule has 1 heterocycles. The van der Waals surface area contributed by atoms with Gasteiger partial charge in [-0.15, -0.1) is 0 Å². The van der Waals surface area contributed by atoms with Crippen LogP contribution in [0.15, 0.2) is 12.4 Å². The number of ether oxygens (including phenoxy) is 1. The minimum atomic E-state index is -0.393. The molecule has 0 aliphatic heterocycles. The molecule has 0 bridgehead atoms. The molecule has 1 unspecified atom stereocenters. The highest BCUT2D eigenvalue weighted by atomic mass is 16.5. The normalized spacial score (nSPS) is 13.2. The van der Waals surface area contributed by atoms with E-state index >= 15 is 0 Å². The molecule has 5 nitrogen and oxygen atoms in total. The van der Waals surface area contributed by atoms with Gasteiger partial charge >= 0.3 is 0 Å². The Bertz CT molecular complexity index is 363. The van der Waals surface area contributed by atoms with Gasteiger partial charge in [0.1, 0.15) is 12.1 Å². The van der Waals surface area contributed by atoms with Crippen LogP contribution in [0.2, 0.25) is 0 Å². The molecule has 1 aromatic heterocycles. The van der Waals surface area contributed by atoms with Crippen LogP contribution in [0.1, 0.15) is 34.1 Å². The maximum atomic E-state index is 9.88. The number of rotatable bonds is 6. The molecule has 0 fully saturated rings. The third-order valence-electron chi connectivity index (χ3n) is 2.30. The van der Waals surface area contributed by atoms with E-state index in [1.807, 2.05) is 6.92 Å². The molecule has 0 aliphatic carbocycles. The molecule has 18 heavy (non-hydrogen) atoms. The summed E-state index contributed by atoms with van der Waals surface area (Å²) in [6.07, 6.45) is 1.79. The first-order valence-electron chi connectivity index (χ1n) is 6.27. The Morgan fingerprint density at radius 1 is 1.39 bits per heavy atom. The number of aliphatic hydroxyl groups is 1. The predicted molar refractivity (Wildman–Crippen MR) is 71.8 cm³/mol. The Morgan fingerprint density at radius 2 is 2.11 bits per heavy atom. The topological polar surface area (TPSA) is 67.3 Å². The van der Waals surface area contributed by atoms with Crippen LogP contribution in [0.25, 0.3) is 0 Å². The van der Waals surface area contributed by atoms with Crippen molar-refractivity contribution in [1.29, 1.82) is 0 Å². The lowest BCUT2D eigenvalue weighted by atomic mass is 9.89. The van der Waals surface area contributed by atoms with Crippen LogP contribution in [0, 0.1) is 5.41 Å². The number of nitrogens with one attached hydrogen (secondary N) is 1. The monoisotopic (exact) mass is 253 g/mol. The van der Waals surface area contributed by atoms with Crippen molar-refractivity contribution in [2.75, 3.05) is 18.5 Å². The van der Waals surface area contributed by atoms with Crippen LogP contribution in [-0.2, 0) is 0 Å². The van der Waals surface area contributed by atoms with Gasteiger partial charge < -0.3 is 15.2 Å². The Labute approximate surface area is 109 Å². The van der Waals surface area contributed by atoms with Crippen molar-refractivity contribution >= 4 is 5.82 Å². The van der Waals surface area contributed by atoms with E-state index in [-0.39, 0.29) is 5.41 Å². The molecule has 0 aliphatic rings. The number of hydrogen-bond acceptors (Lipinski definition) is 5. The number of anilines is 1. The molecule has 0 spiro atoms. The maximum Gasteiger partial charge on any atom is 0.218 e. The number of aliphatic hydroxyl groups excluding tert-OH is 1. The Hall–Kier alpha value is -1.36. The van der Waals surface area contributed by atoms with E-state index in [2.05, 4.69) is 36.1 Å². The van der Waals surface area contributed by atoms with Crippen molar-refractivity contribution in [2.45, 2.75) is 40.2 Å². The van der Waals surface area contributed by atoms with Gasteiger partial charge in [-0.05, 0) is 18.8 Å². The summed E-state index contributed by atoms with van der Waals surface area (Å²) in [6.45, 7) is 9.27. The molecule has 0 aromatic carbocycles. The number of hydrogen-bond donors (Lipinski definition) is 2. The van der Waals surface area contributed by atoms with E-state index in [1.165, 1.54) is 6.33 Å². The van der Waals surface area contributed by atoms with Crippen LogP contribution < -0.4 is 10.1 Å². The zero-order valence-corrected chi connectivity index (χ0v) is 11.6. The molecular formula is C13H23N3O2. The molecule has 1 aromatic rings. The quantitative estimate of drug-likeness (QED) is 0.812. The van der Waals surface area contributed by atoms with E-state index < -0.39 is 6.10 Å². The first-order valence-corrected chi connectivity index (χ1v) is 6.27. The van der Waals surface area contributed by atoms with Gasteiger partial charge in [-0.25, -0.2) is 9.97 Å². The molecule has 2 N–H and O–H groups in total. The Kier molecular flexibility index (Phi) is 5.34. The zero-order chi connectivity index (χ0) is 13.6. The molecule has 5 heteroatoms. The molecular weight excluding hydrogens is 230 g/mol. The highest BCUT2D eigenvalue weighted by Crippen LogP contribution is 2.21. The van der Waals surface area contributed by atoms with Gasteiger partial charge in [-0.1, -0.05) is 20.8 Å². The fourth-order valence-corrected chi connectivity index (χ4v) is 1.66. The van der Waals surface area contributed by atoms with Crippen molar-refractivity contribution in [1.82, 2.24) is 9.97 Å². The summed E-state index contributed by atoms with van der Waals surface area (Å²) in [7, 11) is 0. The highest BCUT2D eigenvalue weighted by Gasteiger charge is 2.16. The molecule has 0 saturated carbocycles. The van der Waals surface area contributed by atoms with Gasteiger partial charge in [-0.3, -0.25) is 0 Å². The standard InChI is InChI=1S/C13H23N3O2/c1-5-18-12-6-11(15-9-16-12)14-8-10(17)7-13(2,3)4/h6,9-10,17H,5,7-8H2,1-4H3,(H,14,15,16). The largest absolute Gasteiger partial charge is 0.478 e. The van der Waals surface area contributed by atoms with Crippen LogP contribution in [0.5, 0.6) is 5.88 Å². The van der Waals surface area contributed by atoms with Crippen molar-refractivity contribution in [2.24, 2.45) is 5.41 Å². The van der Waals surface area contributed by atoms with E-state index in [0.717, 1.165) is 6.42 Å². The second-order valence-corrected chi connectivity index (χ2v) is 5.47. The average Bonchev–Trinajstić information content (AvgIpc) is 2.25. The van der Waals surface area contributed by atoms with E-state index in [0.29, 0.717) is 24.8 Å². The summed E-state index contributed by atoms with van der Waals surface area (Å²) in [5.41, 5.74) is 0.114. The summed E-state index contributed by atoms with van der Waals surface area (Å²) in [5, 5.41) is 13.0. The Balaban J connectivity index is 2.45. The molecule has 1 atom stereocenters. The van der Waals surface area contributed by atoms with Gasteiger partial charge in [0, 0.05) is 12.6 Å². The fraction of sp³-hybridized carbons (Fsp3) is 0.692. The van der Waals surface area contributed by atoms with E-state index in [1.54, 1.807) is 6.07 Å². The summed E-state index contributed by atoms with van der Waals surface area (Å²) in [4.78, 5) is 8.06. The zero-order valence-electron chi connectivity index (χ0n) is 11.6. The lowest BCUT2D eigenvalue weighted by Crippen LogP contribution is -2.25. The second kappa shape index (κ2) is 6.54. The van der Waals surface area contributed by atoms with Crippen molar-refractivity contribution in [3.05, 3.63) is 12.4 Å². The summed E-state index contributed by atoms with van der Waals surface area (Å²) in [6, 6.07) is 1.73. The summed E-state index contributed by atoms with van der Waals surface area (Å²) >= 11 is 0. The maximum absolute atomic E-state index is 9.88. The van der Waals surface area contributed by atoms with Gasteiger partial charge in [0.2, 0.25) is 5.88 Å². The SMILES string of the molecule is CCOc1cc(NCC(O)CC(C)(C)C)ncn1. The average molecular weight is 253 g/mol. The fourth-order valence-electron chi connectivity index (χ4n) is 1.66. The molecule has 0 saturated heterocycles. The summed E-state index contributed by atoms with van der Waals surface area (Å²) in [5.74, 6) is 1.21. The lowest BCUT2D eigenvalue weighted by Gasteiger charge is -2.22. The van der Waals surface area contributed by atoms with Crippen molar-refractivity contribution < 1.29 is 9.84 Å². The van der Waals surface area contributed by atoms with E-state index in [9.17, 15) is 5.11 Å². The number of aromatic nitrogens is 2. The second-order valence-electron chi connectivity index (χ2n) is 5.47. The molecule has 0 amide bonds. The van der Waals surface area contributed by atoms with Gasteiger partial charge in [-0.2, -0.15) is 0 Å². The first kappa shape index (κ1) is 14.7. The molecule has 102 valence electrons. The van der Waals surface area contributed by atoms with Crippen molar-refractivity contribution in [3.8, 4) is 5.88 Å². The minimum absolute atomic E-state index is 0.114. The third kappa shape index (κ3) is 5.82.